The van der Waals surface area contributed by atoms with Gasteiger partial charge in [-0.1, -0.05) is 24.3 Å². The highest BCUT2D eigenvalue weighted by atomic mass is 19.1. The highest BCUT2D eigenvalue weighted by molar-refractivity contribution is 5.74. The van der Waals surface area contributed by atoms with Crippen LogP contribution in [-0.2, 0) is 30.8 Å². The predicted octanol–water partition coefficient (Wildman–Crippen LogP) is 4.09. The van der Waals surface area contributed by atoms with Gasteiger partial charge in [0.1, 0.15) is 17.3 Å². The molecule has 0 bridgehead atoms. The molecule has 0 atom stereocenters. The van der Waals surface area contributed by atoms with Crippen molar-refractivity contribution in [3.63, 3.8) is 0 Å². The molecular weight excluding hydrogens is 419 g/mol. The third-order valence-corrected chi connectivity index (χ3v) is 6.56. The summed E-state index contributed by atoms with van der Waals surface area (Å²) in [5, 5.41) is 5.02. The van der Waals surface area contributed by atoms with Crippen molar-refractivity contribution >= 4 is 5.91 Å². The summed E-state index contributed by atoms with van der Waals surface area (Å²) in [5.41, 5.74) is 5.30. The summed E-state index contributed by atoms with van der Waals surface area (Å²) in [6.45, 7) is 4.53. The topological polar surface area (TPSA) is 50.6 Å². The fourth-order valence-electron chi connectivity index (χ4n) is 4.70. The second-order valence-corrected chi connectivity index (χ2v) is 8.92. The zero-order valence-corrected chi connectivity index (χ0v) is 19.1. The lowest BCUT2D eigenvalue weighted by atomic mass is 10.0. The van der Waals surface area contributed by atoms with Gasteiger partial charge in [0, 0.05) is 44.6 Å². The first-order valence-corrected chi connectivity index (χ1v) is 11.5. The van der Waals surface area contributed by atoms with Gasteiger partial charge < -0.3 is 9.64 Å². The molecule has 1 fully saturated rings. The van der Waals surface area contributed by atoms with Crippen molar-refractivity contribution in [1.29, 1.82) is 0 Å². The van der Waals surface area contributed by atoms with E-state index in [1.165, 1.54) is 23.4 Å². The van der Waals surface area contributed by atoms with Gasteiger partial charge in [-0.05, 0) is 42.7 Å². The minimum absolute atomic E-state index is 0.0945. The number of ether oxygens (including phenoxy) is 1. The average molecular weight is 449 g/mol. The Morgan fingerprint density at radius 1 is 1.18 bits per heavy atom. The summed E-state index contributed by atoms with van der Waals surface area (Å²) in [7, 11) is 1.67. The number of hydrogen-bond donors (Lipinski definition) is 0. The number of para-hydroxylation sites is 2. The van der Waals surface area contributed by atoms with Crippen molar-refractivity contribution < 1.29 is 13.9 Å². The third kappa shape index (κ3) is 4.50. The van der Waals surface area contributed by atoms with E-state index in [4.69, 9.17) is 9.84 Å². The minimum atomic E-state index is -0.218. The molecule has 7 heteroatoms. The largest absolute Gasteiger partial charge is 0.494 e. The fraction of sp³-hybridized carbons (Fsp3) is 0.385. The normalized spacial score (nSPS) is 15.8. The lowest BCUT2D eigenvalue weighted by Gasteiger charge is -2.28. The van der Waals surface area contributed by atoms with Gasteiger partial charge >= 0.3 is 0 Å². The van der Waals surface area contributed by atoms with Gasteiger partial charge in [0.2, 0.25) is 5.91 Å². The molecule has 1 amide bonds. The van der Waals surface area contributed by atoms with Crippen LogP contribution in [0.15, 0.2) is 48.5 Å². The maximum absolute atomic E-state index is 13.3. The van der Waals surface area contributed by atoms with E-state index in [0.29, 0.717) is 12.6 Å². The summed E-state index contributed by atoms with van der Waals surface area (Å²) in [6, 6.07) is 14.9. The van der Waals surface area contributed by atoms with Crippen LogP contribution in [0.5, 0.6) is 5.75 Å². The lowest BCUT2D eigenvalue weighted by molar-refractivity contribution is -0.130. The van der Waals surface area contributed by atoms with Gasteiger partial charge in [0.05, 0.1) is 25.0 Å². The number of nitrogens with zero attached hydrogens (tertiary/aromatic N) is 4. The van der Waals surface area contributed by atoms with Crippen LogP contribution in [0, 0.1) is 5.82 Å². The highest BCUT2D eigenvalue weighted by Gasteiger charge is 2.34. The third-order valence-electron chi connectivity index (χ3n) is 6.56. The molecule has 0 N–H and O–H groups in total. The Hall–Kier alpha value is -3.19. The molecule has 3 aromatic rings. The van der Waals surface area contributed by atoms with Gasteiger partial charge in [-0.15, -0.1) is 0 Å². The summed E-state index contributed by atoms with van der Waals surface area (Å²) in [5.74, 6) is 0.648. The van der Waals surface area contributed by atoms with E-state index in [1.54, 1.807) is 14.0 Å². The fourth-order valence-corrected chi connectivity index (χ4v) is 4.70. The average Bonchev–Trinajstić information content (AvgIpc) is 3.60. The second kappa shape index (κ2) is 8.98. The van der Waals surface area contributed by atoms with E-state index in [9.17, 15) is 9.18 Å². The number of carbonyl (C=O) groups is 1. The molecule has 1 saturated carbocycles. The number of hydrogen-bond acceptors (Lipinski definition) is 4. The molecule has 1 aliphatic carbocycles. The maximum atomic E-state index is 13.3. The number of methoxy groups -OCH3 is 1. The number of rotatable bonds is 7. The van der Waals surface area contributed by atoms with Gasteiger partial charge in [-0.3, -0.25) is 9.69 Å². The highest BCUT2D eigenvalue weighted by Crippen LogP contribution is 2.33. The number of halogens is 1. The van der Waals surface area contributed by atoms with Gasteiger partial charge in [-0.2, -0.15) is 5.10 Å². The first-order valence-electron chi connectivity index (χ1n) is 11.5. The number of carbonyl (C=O) groups excluding carboxylic acids is 1. The van der Waals surface area contributed by atoms with Crippen molar-refractivity contribution in [3.05, 3.63) is 76.9 Å². The molecule has 2 aliphatic rings. The summed E-state index contributed by atoms with van der Waals surface area (Å²) in [6.07, 6.45) is 2.96. The Bertz CT molecular complexity index is 1150. The molecule has 172 valence electrons. The summed E-state index contributed by atoms with van der Waals surface area (Å²) in [4.78, 5) is 16.7. The Morgan fingerprint density at radius 3 is 2.64 bits per heavy atom. The van der Waals surface area contributed by atoms with E-state index >= 15 is 0 Å². The van der Waals surface area contributed by atoms with Crippen molar-refractivity contribution in [2.24, 2.45) is 0 Å². The molecule has 0 radical (unpaired) electrons. The molecule has 5 rings (SSSR count). The van der Waals surface area contributed by atoms with E-state index in [1.807, 2.05) is 46.0 Å². The zero-order chi connectivity index (χ0) is 22.9. The van der Waals surface area contributed by atoms with Gasteiger partial charge in [0.15, 0.2) is 0 Å². The number of benzene rings is 2. The predicted molar refractivity (Wildman–Crippen MR) is 124 cm³/mol. The molecule has 2 heterocycles. The SMILES string of the molecule is COc1ccccc1-n1nc(CN(C(C)=O)C2CC2)c2c1CCN(Cc1ccc(F)cc1)C2. The van der Waals surface area contributed by atoms with E-state index in [-0.39, 0.29) is 11.7 Å². The van der Waals surface area contributed by atoms with E-state index in [2.05, 4.69) is 4.90 Å². The van der Waals surface area contributed by atoms with E-state index < -0.39 is 0 Å². The molecule has 0 saturated heterocycles. The smallest absolute Gasteiger partial charge is 0.220 e. The van der Waals surface area contributed by atoms with Crippen LogP contribution in [-0.4, -0.2) is 45.2 Å². The number of aromatic nitrogens is 2. The van der Waals surface area contributed by atoms with Crippen LogP contribution in [0.4, 0.5) is 4.39 Å². The standard InChI is InChI=1S/C26H29FN4O2/c1-18(32)30(21-11-12-21)17-23-22-16-29(15-19-7-9-20(27)10-8-19)14-13-24(22)31(28-23)25-5-3-4-6-26(25)33-2/h3-10,21H,11-17H2,1-2H3. The van der Waals surface area contributed by atoms with E-state index in [0.717, 1.165) is 61.6 Å². The molecular formula is C26H29FN4O2. The van der Waals surface area contributed by atoms with Gasteiger partial charge in [-0.25, -0.2) is 9.07 Å². The molecule has 0 unspecified atom stereocenters. The molecule has 2 aromatic carbocycles. The number of fused-ring (bicyclic) bond motifs is 1. The Kier molecular flexibility index (Phi) is 5.89. The van der Waals surface area contributed by atoms with Crippen LogP contribution in [0.25, 0.3) is 5.69 Å². The molecule has 1 aliphatic heterocycles. The van der Waals surface area contributed by atoms with Crippen LogP contribution in [0.1, 0.15) is 42.3 Å². The first-order chi connectivity index (χ1) is 16.0. The van der Waals surface area contributed by atoms with Gasteiger partial charge in [0.25, 0.3) is 0 Å². The van der Waals surface area contributed by atoms with Crippen molar-refractivity contribution in [2.75, 3.05) is 13.7 Å². The quantitative estimate of drug-likeness (QED) is 0.546. The monoisotopic (exact) mass is 448 g/mol. The molecule has 33 heavy (non-hydrogen) atoms. The lowest BCUT2D eigenvalue weighted by Crippen LogP contribution is -2.33. The van der Waals surface area contributed by atoms with Crippen LogP contribution in [0.2, 0.25) is 0 Å². The Morgan fingerprint density at radius 2 is 1.94 bits per heavy atom. The Balaban J connectivity index is 1.49. The minimum Gasteiger partial charge on any atom is -0.494 e. The summed E-state index contributed by atoms with van der Waals surface area (Å²) >= 11 is 0. The molecule has 6 nitrogen and oxygen atoms in total. The van der Waals surface area contributed by atoms with Crippen molar-refractivity contribution in [1.82, 2.24) is 19.6 Å². The molecule has 0 spiro atoms. The second-order valence-electron chi connectivity index (χ2n) is 8.92. The molecule has 1 aromatic heterocycles. The van der Waals surface area contributed by atoms with Crippen LogP contribution >= 0.6 is 0 Å². The summed E-state index contributed by atoms with van der Waals surface area (Å²) < 4.78 is 20.9. The van der Waals surface area contributed by atoms with Crippen LogP contribution in [0.3, 0.4) is 0 Å². The van der Waals surface area contributed by atoms with Crippen molar-refractivity contribution in [2.45, 2.75) is 51.9 Å². The zero-order valence-electron chi connectivity index (χ0n) is 19.1. The first kappa shape index (κ1) is 21.6. The van der Waals surface area contributed by atoms with Crippen molar-refractivity contribution in [3.8, 4) is 11.4 Å². The van der Waals surface area contributed by atoms with Crippen LogP contribution < -0.4 is 4.74 Å². The Labute approximate surface area is 193 Å². The number of amides is 1. The maximum Gasteiger partial charge on any atom is 0.220 e.